The quantitative estimate of drug-likeness (QED) is 0.382. The Hall–Kier alpha value is -3.44. The number of nitrogens with zero attached hydrogens (tertiary/aromatic N) is 2. The third-order valence-electron chi connectivity index (χ3n) is 7.36. The van der Waals surface area contributed by atoms with Crippen LogP contribution < -0.4 is 16.4 Å². The lowest BCUT2D eigenvalue weighted by molar-refractivity contribution is -0.143. The molecule has 0 spiro atoms. The standard InChI is InChI=1S/C30H40F3N5O3/c1-5-6-22-18-37(26(27(39)35-4)17-20-9-12-23(32)24(33)15-20)13-14-38(22)28(40)25(36-29(41)30(2,3)34)16-19-7-10-21(31)11-8-19/h7-12,15,22,25-26H,5-6,13-14,16-18,34H2,1-4H3,(H,35,39)(H,36,41). The van der Waals surface area contributed by atoms with Crippen molar-refractivity contribution in [2.75, 3.05) is 26.7 Å². The molecule has 8 nitrogen and oxygen atoms in total. The Morgan fingerprint density at radius 1 is 1.00 bits per heavy atom. The second-order valence-electron chi connectivity index (χ2n) is 11.1. The van der Waals surface area contributed by atoms with Gasteiger partial charge in [-0.1, -0.05) is 31.5 Å². The van der Waals surface area contributed by atoms with Crippen LogP contribution >= 0.6 is 0 Å². The van der Waals surface area contributed by atoms with Gasteiger partial charge in [0.15, 0.2) is 11.6 Å². The van der Waals surface area contributed by atoms with Crippen molar-refractivity contribution in [3.63, 3.8) is 0 Å². The van der Waals surface area contributed by atoms with Gasteiger partial charge in [-0.25, -0.2) is 13.2 Å². The van der Waals surface area contributed by atoms with Crippen molar-refractivity contribution in [3.8, 4) is 0 Å². The highest BCUT2D eigenvalue weighted by molar-refractivity contribution is 5.92. The van der Waals surface area contributed by atoms with Gasteiger partial charge in [-0.15, -0.1) is 0 Å². The van der Waals surface area contributed by atoms with Crippen molar-refractivity contribution in [2.24, 2.45) is 5.73 Å². The third-order valence-corrected chi connectivity index (χ3v) is 7.36. The first-order valence-corrected chi connectivity index (χ1v) is 13.9. The first-order chi connectivity index (χ1) is 19.3. The van der Waals surface area contributed by atoms with Crippen molar-refractivity contribution < 1.29 is 27.6 Å². The van der Waals surface area contributed by atoms with E-state index < -0.39 is 41.0 Å². The SMILES string of the molecule is CCCC1CN(C(Cc2ccc(F)c(F)c2)C(=O)NC)CCN1C(=O)C(Cc1ccc(F)cc1)NC(=O)C(C)(C)N. The zero-order valence-electron chi connectivity index (χ0n) is 24.1. The summed E-state index contributed by atoms with van der Waals surface area (Å²) in [6.07, 6.45) is 1.73. The average Bonchev–Trinajstić information content (AvgIpc) is 2.93. The molecule has 41 heavy (non-hydrogen) atoms. The van der Waals surface area contributed by atoms with E-state index >= 15 is 0 Å². The molecule has 3 rings (SSSR count). The Bertz CT molecular complexity index is 1220. The third kappa shape index (κ3) is 8.53. The number of nitrogens with two attached hydrogens (primary N) is 1. The van der Waals surface area contributed by atoms with E-state index in [9.17, 15) is 27.6 Å². The summed E-state index contributed by atoms with van der Waals surface area (Å²) in [5, 5.41) is 5.45. The van der Waals surface area contributed by atoms with Crippen LogP contribution in [0.25, 0.3) is 0 Å². The Kier molecular flexibility index (Phi) is 10.9. The summed E-state index contributed by atoms with van der Waals surface area (Å²) in [5.41, 5.74) is 5.93. The normalized spacial score (nSPS) is 17.6. The number of halogens is 3. The number of benzene rings is 2. The van der Waals surface area contributed by atoms with E-state index in [1.54, 1.807) is 30.9 Å². The number of likely N-dealkylation sites (N-methyl/N-ethyl adjacent to an activating group) is 1. The Balaban J connectivity index is 1.84. The Labute approximate surface area is 239 Å². The molecule has 3 amide bonds. The van der Waals surface area contributed by atoms with E-state index in [4.69, 9.17) is 5.73 Å². The smallest absolute Gasteiger partial charge is 0.245 e. The summed E-state index contributed by atoms with van der Waals surface area (Å²) < 4.78 is 40.9. The second-order valence-corrected chi connectivity index (χ2v) is 11.1. The number of carbonyl (C=O) groups is 3. The summed E-state index contributed by atoms with van der Waals surface area (Å²) in [4.78, 5) is 43.4. The lowest BCUT2D eigenvalue weighted by Gasteiger charge is -2.45. The topological polar surface area (TPSA) is 108 Å². The van der Waals surface area contributed by atoms with E-state index in [2.05, 4.69) is 10.6 Å². The zero-order chi connectivity index (χ0) is 30.3. The number of carbonyl (C=O) groups excluding carboxylic acids is 3. The van der Waals surface area contributed by atoms with Crippen LogP contribution in [0.2, 0.25) is 0 Å². The number of piperazine rings is 1. The van der Waals surface area contributed by atoms with E-state index in [1.165, 1.54) is 25.2 Å². The number of amides is 3. The van der Waals surface area contributed by atoms with Crippen molar-refractivity contribution in [2.45, 2.75) is 70.1 Å². The van der Waals surface area contributed by atoms with Crippen LogP contribution in [0.1, 0.15) is 44.7 Å². The molecule has 3 unspecified atom stereocenters. The fourth-order valence-electron chi connectivity index (χ4n) is 5.08. The van der Waals surface area contributed by atoms with Crippen molar-refractivity contribution >= 4 is 17.7 Å². The van der Waals surface area contributed by atoms with Gasteiger partial charge in [-0.05, 0) is 62.1 Å². The lowest BCUT2D eigenvalue weighted by atomic mass is 9.97. The monoisotopic (exact) mass is 575 g/mol. The van der Waals surface area contributed by atoms with Crippen LogP contribution in [-0.4, -0.2) is 77.9 Å². The van der Waals surface area contributed by atoms with Crippen LogP contribution in [-0.2, 0) is 27.2 Å². The molecule has 0 radical (unpaired) electrons. The molecule has 1 heterocycles. The minimum absolute atomic E-state index is 0.150. The van der Waals surface area contributed by atoms with E-state index in [1.807, 2.05) is 11.8 Å². The molecule has 1 saturated heterocycles. The molecule has 2 aromatic carbocycles. The number of hydrogen-bond acceptors (Lipinski definition) is 5. The summed E-state index contributed by atoms with van der Waals surface area (Å²) >= 11 is 0. The van der Waals surface area contributed by atoms with Gasteiger partial charge in [-0.3, -0.25) is 19.3 Å². The van der Waals surface area contributed by atoms with E-state index in [-0.39, 0.29) is 37.2 Å². The van der Waals surface area contributed by atoms with E-state index in [0.717, 1.165) is 18.6 Å². The van der Waals surface area contributed by atoms with Crippen molar-refractivity contribution in [1.82, 2.24) is 20.4 Å². The molecule has 1 aliphatic rings. The van der Waals surface area contributed by atoms with Crippen LogP contribution in [0.5, 0.6) is 0 Å². The van der Waals surface area contributed by atoms with Gasteiger partial charge >= 0.3 is 0 Å². The molecular formula is C30H40F3N5O3. The van der Waals surface area contributed by atoms with Gasteiger partial charge in [0.2, 0.25) is 17.7 Å². The molecule has 224 valence electrons. The van der Waals surface area contributed by atoms with Gasteiger partial charge in [0, 0.05) is 39.1 Å². The minimum atomic E-state index is -1.22. The maximum Gasteiger partial charge on any atom is 0.245 e. The van der Waals surface area contributed by atoms with Gasteiger partial charge in [0.1, 0.15) is 11.9 Å². The Morgan fingerprint density at radius 3 is 2.24 bits per heavy atom. The fraction of sp³-hybridized carbons (Fsp3) is 0.500. The van der Waals surface area contributed by atoms with Crippen LogP contribution in [0.15, 0.2) is 42.5 Å². The minimum Gasteiger partial charge on any atom is -0.358 e. The van der Waals surface area contributed by atoms with E-state index in [0.29, 0.717) is 30.6 Å². The highest BCUT2D eigenvalue weighted by Crippen LogP contribution is 2.22. The van der Waals surface area contributed by atoms with Gasteiger partial charge in [0.25, 0.3) is 0 Å². The predicted molar refractivity (Wildman–Crippen MR) is 150 cm³/mol. The molecule has 0 bridgehead atoms. The maximum atomic E-state index is 14.0. The predicted octanol–water partition coefficient (Wildman–Crippen LogP) is 2.54. The van der Waals surface area contributed by atoms with Gasteiger partial charge < -0.3 is 21.3 Å². The molecule has 2 aromatic rings. The fourth-order valence-corrected chi connectivity index (χ4v) is 5.08. The largest absolute Gasteiger partial charge is 0.358 e. The number of rotatable bonds is 11. The molecule has 3 atom stereocenters. The summed E-state index contributed by atoms with van der Waals surface area (Å²) in [6, 6.07) is 7.48. The summed E-state index contributed by atoms with van der Waals surface area (Å²) in [6.45, 7) is 6.11. The summed E-state index contributed by atoms with van der Waals surface area (Å²) in [5.74, 6) is -3.39. The molecule has 1 fully saturated rings. The molecular weight excluding hydrogens is 535 g/mol. The van der Waals surface area contributed by atoms with Gasteiger partial charge in [0.05, 0.1) is 11.6 Å². The number of nitrogens with one attached hydrogen (secondary N) is 2. The van der Waals surface area contributed by atoms with Crippen LogP contribution in [0.4, 0.5) is 13.2 Å². The highest BCUT2D eigenvalue weighted by atomic mass is 19.2. The Morgan fingerprint density at radius 2 is 1.66 bits per heavy atom. The maximum absolute atomic E-state index is 14.0. The first-order valence-electron chi connectivity index (χ1n) is 13.9. The van der Waals surface area contributed by atoms with Crippen molar-refractivity contribution in [3.05, 3.63) is 71.0 Å². The van der Waals surface area contributed by atoms with Crippen molar-refractivity contribution in [1.29, 1.82) is 0 Å². The molecule has 4 N–H and O–H groups in total. The molecule has 0 saturated carbocycles. The molecule has 11 heteroatoms. The zero-order valence-corrected chi connectivity index (χ0v) is 24.1. The highest BCUT2D eigenvalue weighted by Gasteiger charge is 2.38. The molecule has 0 aliphatic carbocycles. The molecule has 0 aromatic heterocycles. The number of hydrogen-bond donors (Lipinski definition) is 3. The first kappa shape index (κ1) is 32.1. The lowest BCUT2D eigenvalue weighted by Crippen LogP contribution is -2.64. The van der Waals surface area contributed by atoms with Crippen LogP contribution in [0.3, 0.4) is 0 Å². The summed E-state index contributed by atoms with van der Waals surface area (Å²) in [7, 11) is 1.52. The average molecular weight is 576 g/mol. The van der Waals surface area contributed by atoms with Gasteiger partial charge in [-0.2, -0.15) is 0 Å². The van der Waals surface area contributed by atoms with Crippen LogP contribution in [0, 0.1) is 17.5 Å². The molecule has 1 aliphatic heterocycles. The second kappa shape index (κ2) is 14.0.